The monoisotopic (exact) mass is 476 g/mol. The van der Waals surface area contributed by atoms with Gasteiger partial charge in [0, 0.05) is 11.8 Å². The molecule has 0 saturated carbocycles. The summed E-state index contributed by atoms with van der Waals surface area (Å²) in [4.78, 5) is 28.4. The molecule has 6 unspecified atom stereocenters. The largest absolute Gasteiger partial charge is 0.481 e. The highest BCUT2D eigenvalue weighted by molar-refractivity contribution is 5.95. The molecule has 35 heavy (non-hydrogen) atoms. The first kappa shape index (κ1) is 23.3. The number of halogens is 1. The van der Waals surface area contributed by atoms with E-state index < -0.39 is 17.4 Å². The first-order valence-corrected chi connectivity index (χ1v) is 12.1. The lowest BCUT2D eigenvalue weighted by molar-refractivity contribution is -0.146. The minimum Gasteiger partial charge on any atom is -0.481 e. The Hall–Kier alpha value is -3.48. The van der Waals surface area contributed by atoms with Gasteiger partial charge in [-0.3, -0.25) is 9.59 Å². The Balaban J connectivity index is 1.26. The summed E-state index contributed by atoms with van der Waals surface area (Å²) in [6, 6.07) is -0.441. The highest BCUT2D eigenvalue weighted by atomic mass is 19.1. The number of fused-ring (bicyclic) bond motifs is 1. The van der Waals surface area contributed by atoms with Gasteiger partial charge in [0.2, 0.25) is 0 Å². The smallest absolute Gasteiger partial charge is 0.313 e. The van der Waals surface area contributed by atoms with Gasteiger partial charge in [-0.15, -0.1) is 0 Å². The van der Waals surface area contributed by atoms with Gasteiger partial charge in [-0.2, -0.15) is 0 Å². The van der Waals surface area contributed by atoms with E-state index in [1.807, 2.05) is 31.2 Å². The number of hydrogen-bond acceptors (Lipinski definition) is 5. The molecule has 0 saturated heterocycles. The minimum absolute atomic E-state index is 0.0963. The Bertz CT molecular complexity index is 1200. The van der Waals surface area contributed by atoms with E-state index in [0.29, 0.717) is 17.8 Å². The molecule has 0 aromatic rings. The Morgan fingerprint density at radius 3 is 2.80 bits per heavy atom. The molecule has 0 fully saturated rings. The van der Waals surface area contributed by atoms with Crippen LogP contribution in [0.15, 0.2) is 88.5 Å². The Kier molecular flexibility index (Phi) is 5.95. The molecule has 0 amide bonds. The number of carboxylic acid groups (broad SMARTS) is 1. The second kappa shape index (κ2) is 8.95. The van der Waals surface area contributed by atoms with Gasteiger partial charge in [0.1, 0.15) is 17.6 Å². The summed E-state index contributed by atoms with van der Waals surface area (Å²) in [5.74, 6) is -1.08. The van der Waals surface area contributed by atoms with E-state index in [9.17, 15) is 14.7 Å². The molecule has 2 N–H and O–H groups in total. The van der Waals surface area contributed by atoms with Gasteiger partial charge in [-0.25, -0.2) is 9.38 Å². The van der Waals surface area contributed by atoms with E-state index >= 15 is 4.39 Å². The normalized spacial score (nSPS) is 35.8. The van der Waals surface area contributed by atoms with Gasteiger partial charge < -0.3 is 15.2 Å². The number of carboxylic acids is 1. The summed E-state index contributed by atoms with van der Waals surface area (Å²) in [7, 11) is 0. The number of carbonyl (C=O) groups is 2. The number of hydrogen-bond donors (Lipinski definition) is 2. The maximum absolute atomic E-state index is 15.1. The van der Waals surface area contributed by atoms with Crippen molar-refractivity contribution in [2.24, 2.45) is 28.2 Å². The molecular weight excluding hydrogens is 447 g/mol. The summed E-state index contributed by atoms with van der Waals surface area (Å²) in [6.45, 7) is 3.50. The second-order valence-corrected chi connectivity index (χ2v) is 9.96. The third-order valence-electron chi connectivity index (χ3n) is 7.67. The van der Waals surface area contributed by atoms with Crippen LogP contribution in [0, 0.1) is 23.2 Å². The van der Waals surface area contributed by atoms with Crippen molar-refractivity contribution in [3.63, 3.8) is 0 Å². The van der Waals surface area contributed by atoms with Gasteiger partial charge >= 0.3 is 5.97 Å². The summed E-state index contributed by atoms with van der Waals surface area (Å²) in [5.41, 5.74) is 0.539. The van der Waals surface area contributed by atoms with E-state index in [1.165, 1.54) is 6.08 Å². The lowest BCUT2D eigenvalue weighted by Crippen LogP contribution is -2.36. The second-order valence-electron chi connectivity index (χ2n) is 9.96. The highest BCUT2D eigenvalue weighted by Gasteiger charge is 2.39. The van der Waals surface area contributed by atoms with E-state index in [1.54, 1.807) is 31.2 Å². The van der Waals surface area contributed by atoms with Crippen molar-refractivity contribution in [3.8, 4) is 0 Å². The number of ketones is 1. The maximum Gasteiger partial charge on any atom is 0.313 e. The number of aliphatic imine (C=N–C) groups is 1. The number of rotatable bonds is 4. The predicted octanol–water partition coefficient (Wildman–Crippen LogP) is 4.71. The van der Waals surface area contributed by atoms with Crippen LogP contribution in [0.25, 0.3) is 0 Å². The van der Waals surface area contributed by atoms with Gasteiger partial charge in [0.05, 0.1) is 11.5 Å². The first-order valence-electron chi connectivity index (χ1n) is 12.1. The van der Waals surface area contributed by atoms with Crippen LogP contribution in [0.5, 0.6) is 0 Å². The quantitative estimate of drug-likeness (QED) is 0.614. The standard InChI is InChI=1S/C28H29FN2O4/c1-16-7-12-19(15-28(16,2)26(33)34)35-27-30-23-13-21(22(29)14-24(23)31-27)18-10-8-17(9-11-18)20-5-3-4-6-25(20)32/h4,6-10,12-16,18,20,23-24H,3,5,11H2,1-2H3,(H,30,31)(H,33,34). The van der Waals surface area contributed by atoms with E-state index in [4.69, 9.17) is 4.74 Å². The van der Waals surface area contributed by atoms with E-state index in [0.717, 1.165) is 18.4 Å². The van der Waals surface area contributed by atoms with Gasteiger partial charge in [-0.1, -0.05) is 43.4 Å². The van der Waals surface area contributed by atoms with Crippen LogP contribution in [-0.4, -0.2) is 35.0 Å². The third kappa shape index (κ3) is 4.35. The molecule has 6 nitrogen and oxygen atoms in total. The SMILES string of the molecule is CC1C=CC(OC2=NC3C=C(F)C(C4C=CC(C5CCC=CC5=O)=CC4)=CC3N2)=CC1(C)C(=O)O. The fraction of sp³-hybridized carbons (Fsp3) is 0.393. The number of allylic oxidation sites excluding steroid dienone is 10. The average molecular weight is 477 g/mol. The zero-order valence-electron chi connectivity index (χ0n) is 19.8. The highest BCUT2D eigenvalue weighted by Crippen LogP contribution is 2.38. The fourth-order valence-electron chi connectivity index (χ4n) is 5.16. The van der Waals surface area contributed by atoms with Crippen molar-refractivity contribution in [3.05, 3.63) is 83.5 Å². The number of amidine groups is 1. The van der Waals surface area contributed by atoms with E-state index in [-0.39, 0.29) is 41.4 Å². The van der Waals surface area contributed by atoms with Crippen LogP contribution in [0.1, 0.15) is 33.1 Å². The molecule has 1 aliphatic heterocycles. The molecule has 6 atom stereocenters. The summed E-state index contributed by atoms with van der Waals surface area (Å²) in [5, 5.41) is 12.8. The molecule has 0 radical (unpaired) electrons. The van der Waals surface area contributed by atoms with Crippen molar-refractivity contribution in [2.75, 3.05) is 0 Å². The van der Waals surface area contributed by atoms with Crippen LogP contribution < -0.4 is 5.32 Å². The molecule has 5 aliphatic rings. The third-order valence-corrected chi connectivity index (χ3v) is 7.67. The molecule has 5 rings (SSSR count). The van der Waals surface area contributed by atoms with Gasteiger partial charge in [-0.05, 0) is 67.6 Å². The molecule has 0 aromatic heterocycles. The zero-order valence-corrected chi connectivity index (χ0v) is 19.8. The van der Waals surface area contributed by atoms with Crippen LogP contribution in [-0.2, 0) is 14.3 Å². The summed E-state index contributed by atoms with van der Waals surface area (Å²) in [6.07, 6.45) is 20.4. The summed E-state index contributed by atoms with van der Waals surface area (Å²) < 4.78 is 20.9. The lowest BCUT2D eigenvalue weighted by Gasteiger charge is -2.29. The van der Waals surface area contributed by atoms with Gasteiger partial charge in [0.15, 0.2) is 5.78 Å². The van der Waals surface area contributed by atoms with Crippen molar-refractivity contribution in [1.29, 1.82) is 0 Å². The fourth-order valence-corrected chi connectivity index (χ4v) is 5.16. The molecule has 1 heterocycles. The van der Waals surface area contributed by atoms with Crippen molar-refractivity contribution >= 4 is 17.8 Å². The lowest BCUT2D eigenvalue weighted by atomic mass is 9.75. The molecule has 182 valence electrons. The maximum atomic E-state index is 15.1. The summed E-state index contributed by atoms with van der Waals surface area (Å²) >= 11 is 0. The van der Waals surface area contributed by atoms with Crippen molar-refractivity contribution < 1.29 is 23.8 Å². The number of nitrogens with one attached hydrogen (secondary N) is 1. The van der Waals surface area contributed by atoms with Gasteiger partial charge in [0.25, 0.3) is 6.02 Å². The Morgan fingerprint density at radius 2 is 2.09 bits per heavy atom. The van der Waals surface area contributed by atoms with Crippen LogP contribution >= 0.6 is 0 Å². The van der Waals surface area contributed by atoms with Crippen LogP contribution in [0.2, 0.25) is 0 Å². The Labute approximate surface area is 204 Å². The van der Waals surface area contributed by atoms with Crippen molar-refractivity contribution in [1.82, 2.24) is 5.32 Å². The molecule has 0 spiro atoms. The van der Waals surface area contributed by atoms with Crippen LogP contribution in [0.4, 0.5) is 4.39 Å². The van der Waals surface area contributed by atoms with Crippen molar-refractivity contribution in [2.45, 2.75) is 45.2 Å². The molecule has 0 bridgehead atoms. The van der Waals surface area contributed by atoms with E-state index in [2.05, 4.69) is 16.4 Å². The number of nitrogens with zero attached hydrogens (tertiary/aromatic N) is 1. The predicted molar refractivity (Wildman–Crippen MR) is 131 cm³/mol. The average Bonchev–Trinajstić information content (AvgIpc) is 3.22. The molecular formula is C28H29FN2O4. The minimum atomic E-state index is -1.08. The number of aliphatic carboxylic acids is 1. The number of carbonyl (C=O) groups excluding carboxylic acids is 1. The molecule has 7 heteroatoms. The molecule has 0 aromatic carbocycles. The topological polar surface area (TPSA) is 88.0 Å². The number of ether oxygens (including phenoxy) is 1. The zero-order chi connectivity index (χ0) is 24.7. The Morgan fingerprint density at radius 1 is 1.26 bits per heavy atom. The molecule has 4 aliphatic carbocycles. The van der Waals surface area contributed by atoms with Crippen LogP contribution in [0.3, 0.4) is 0 Å². The first-order chi connectivity index (χ1) is 16.7.